The second kappa shape index (κ2) is 7.19. The van der Waals surface area contributed by atoms with E-state index in [1.807, 2.05) is 18.2 Å². The molecule has 2 aliphatic heterocycles. The average molecular weight is 354 g/mol. The lowest BCUT2D eigenvalue weighted by Crippen LogP contribution is -2.36. The highest BCUT2D eigenvalue weighted by molar-refractivity contribution is 5.92. The maximum absolute atomic E-state index is 12.5. The van der Waals surface area contributed by atoms with Gasteiger partial charge >= 0.3 is 0 Å². The minimum Gasteiger partial charge on any atom is -0.454 e. The van der Waals surface area contributed by atoms with E-state index in [2.05, 4.69) is 27.1 Å². The molecule has 0 spiro atoms. The van der Waals surface area contributed by atoms with Crippen molar-refractivity contribution >= 4 is 11.9 Å². The lowest BCUT2D eigenvalue weighted by molar-refractivity contribution is 0.0945. The number of ether oxygens (including phenoxy) is 2. The Bertz CT molecular complexity index is 811. The maximum atomic E-state index is 12.5. The van der Waals surface area contributed by atoms with E-state index >= 15 is 0 Å². The van der Waals surface area contributed by atoms with E-state index in [4.69, 9.17) is 9.47 Å². The van der Waals surface area contributed by atoms with E-state index in [1.54, 1.807) is 12.3 Å². The Morgan fingerprint density at radius 2 is 2.19 bits per heavy atom. The smallest absolute Gasteiger partial charge is 0.270 e. The van der Waals surface area contributed by atoms with Crippen molar-refractivity contribution in [1.82, 2.24) is 15.3 Å². The summed E-state index contributed by atoms with van der Waals surface area (Å²) in [6.45, 7) is 4.74. The molecule has 1 N–H and O–H groups in total. The second-order valence-electron chi connectivity index (χ2n) is 6.81. The van der Waals surface area contributed by atoms with Crippen molar-refractivity contribution in [1.29, 1.82) is 0 Å². The molecule has 136 valence electrons. The van der Waals surface area contributed by atoms with Gasteiger partial charge in [-0.05, 0) is 42.5 Å². The Morgan fingerprint density at radius 3 is 3.08 bits per heavy atom. The number of fused-ring (bicyclic) bond motifs is 1. The number of carbonyl (C=O) groups is 1. The number of amides is 1. The molecule has 1 atom stereocenters. The van der Waals surface area contributed by atoms with Gasteiger partial charge in [-0.25, -0.2) is 9.97 Å². The molecule has 0 radical (unpaired) electrons. The first kappa shape index (κ1) is 16.6. The zero-order valence-corrected chi connectivity index (χ0v) is 14.8. The third kappa shape index (κ3) is 3.56. The topological polar surface area (TPSA) is 76.6 Å². The molecular weight excluding hydrogens is 332 g/mol. The van der Waals surface area contributed by atoms with Gasteiger partial charge in [0.2, 0.25) is 12.7 Å². The van der Waals surface area contributed by atoms with Crippen LogP contribution in [0.25, 0.3) is 0 Å². The van der Waals surface area contributed by atoms with Crippen LogP contribution in [0.5, 0.6) is 11.5 Å². The zero-order valence-electron chi connectivity index (χ0n) is 14.8. The summed E-state index contributed by atoms with van der Waals surface area (Å²) in [5.74, 6) is 2.48. The van der Waals surface area contributed by atoms with Gasteiger partial charge < -0.3 is 19.7 Å². The van der Waals surface area contributed by atoms with Crippen LogP contribution in [-0.2, 0) is 6.54 Å². The number of piperidine rings is 1. The Kier molecular flexibility index (Phi) is 4.60. The molecule has 1 amide bonds. The third-order valence-corrected chi connectivity index (χ3v) is 4.71. The van der Waals surface area contributed by atoms with E-state index in [1.165, 1.54) is 6.42 Å². The van der Waals surface area contributed by atoms with Crippen molar-refractivity contribution in [3.8, 4) is 11.5 Å². The number of aromatic nitrogens is 2. The molecule has 4 rings (SSSR count). The van der Waals surface area contributed by atoms with Crippen LogP contribution in [0.2, 0.25) is 0 Å². The van der Waals surface area contributed by atoms with Gasteiger partial charge in [-0.3, -0.25) is 4.79 Å². The van der Waals surface area contributed by atoms with E-state index in [-0.39, 0.29) is 12.7 Å². The highest BCUT2D eigenvalue weighted by atomic mass is 16.7. The van der Waals surface area contributed by atoms with E-state index in [9.17, 15) is 4.79 Å². The molecule has 1 aromatic carbocycles. The van der Waals surface area contributed by atoms with Crippen LogP contribution in [0.15, 0.2) is 30.5 Å². The predicted molar refractivity (Wildman–Crippen MR) is 96.4 cm³/mol. The molecule has 0 aliphatic carbocycles. The number of nitrogens with zero attached hydrogens (tertiary/aromatic N) is 3. The van der Waals surface area contributed by atoms with Crippen molar-refractivity contribution in [3.63, 3.8) is 0 Å². The number of rotatable bonds is 4. The number of hydrogen-bond donors (Lipinski definition) is 1. The molecule has 26 heavy (non-hydrogen) atoms. The fraction of sp³-hybridized carbons (Fsp3) is 0.421. The number of nitrogens with one attached hydrogen (secondary N) is 1. The molecule has 7 heteroatoms. The molecule has 2 aromatic rings. The lowest BCUT2D eigenvalue weighted by atomic mass is 10.0. The SMILES string of the molecule is CC1CCCN(c2nccc(C(=O)NCc3ccc4c(c3)OCO4)n2)C1. The molecule has 1 aromatic heterocycles. The van der Waals surface area contributed by atoms with Crippen LogP contribution >= 0.6 is 0 Å². The normalized spacial score (nSPS) is 18.7. The quantitative estimate of drug-likeness (QED) is 0.908. The van der Waals surface area contributed by atoms with Crippen LogP contribution in [0.4, 0.5) is 5.95 Å². The fourth-order valence-corrected chi connectivity index (χ4v) is 3.32. The van der Waals surface area contributed by atoms with Crippen LogP contribution in [0.3, 0.4) is 0 Å². The van der Waals surface area contributed by atoms with Gasteiger partial charge in [0.05, 0.1) is 0 Å². The van der Waals surface area contributed by atoms with E-state index < -0.39 is 0 Å². The van der Waals surface area contributed by atoms with E-state index in [0.717, 1.165) is 30.8 Å². The molecule has 0 saturated carbocycles. The minimum atomic E-state index is -0.212. The van der Waals surface area contributed by atoms with Gasteiger partial charge in [0.15, 0.2) is 11.5 Å². The molecule has 7 nitrogen and oxygen atoms in total. The first-order valence-corrected chi connectivity index (χ1v) is 8.94. The van der Waals surface area contributed by atoms with Crippen molar-refractivity contribution < 1.29 is 14.3 Å². The molecule has 1 saturated heterocycles. The second-order valence-corrected chi connectivity index (χ2v) is 6.81. The van der Waals surface area contributed by atoms with Crippen molar-refractivity contribution in [2.75, 3.05) is 24.8 Å². The number of carbonyl (C=O) groups excluding carboxylic acids is 1. The summed E-state index contributed by atoms with van der Waals surface area (Å²) in [5.41, 5.74) is 1.33. The molecule has 1 fully saturated rings. The van der Waals surface area contributed by atoms with Gasteiger partial charge in [-0.15, -0.1) is 0 Å². The van der Waals surface area contributed by atoms with Crippen LogP contribution in [0.1, 0.15) is 35.8 Å². The van der Waals surface area contributed by atoms with Gasteiger partial charge in [0, 0.05) is 25.8 Å². The van der Waals surface area contributed by atoms with Crippen LogP contribution in [0, 0.1) is 5.92 Å². The molecule has 1 unspecified atom stereocenters. The summed E-state index contributed by atoms with van der Waals surface area (Å²) in [7, 11) is 0. The Hall–Kier alpha value is -2.83. The van der Waals surface area contributed by atoms with E-state index in [0.29, 0.717) is 29.9 Å². The summed E-state index contributed by atoms with van der Waals surface area (Å²) in [4.78, 5) is 23.4. The number of benzene rings is 1. The van der Waals surface area contributed by atoms with Gasteiger partial charge in [0.1, 0.15) is 5.69 Å². The summed E-state index contributed by atoms with van der Waals surface area (Å²) < 4.78 is 10.7. The number of anilines is 1. The molecule has 2 aliphatic rings. The standard InChI is InChI=1S/C19H22N4O3/c1-13-3-2-8-23(11-13)19-20-7-6-15(22-19)18(24)21-10-14-4-5-16-17(9-14)26-12-25-16/h4-7,9,13H,2-3,8,10-12H2,1H3,(H,21,24). The van der Waals surface area contributed by atoms with Crippen LogP contribution in [-0.4, -0.2) is 35.8 Å². The zero-order chi connectivity index (χ0) is 17.9. The van der Waals surface area contributed by atoms with Crippen LogP contribution < -0.4 is 19.7 Å². The summed E-state index contributed by atoms with van der Waals surface area (Å²) in [6, 6.07) is 7.29. The van der Waals surface area contributed by atoms with Gasteiger partial charge in [0.25, 0.3) is 5.91 Å². The predicted octanol–water partition coefficient (Wildman–Crippen LogP) is 2.37. The largest absolute Gasteiger partial charge is 0.454 e. The summed E-state index contributed by atoms with van der Waals surface area (Å²) in [5, 5.41) is 2.90. The molecule has 3 heterocycles. The van der Waals surface area contributed by atoms with Gasteiger partial charge in [-0.2, -0.15) is 0 Å². The highest BCUT2D eigenvalue weighted by Gasteiger charge is 2.20. The monoisotopic (exact) mass is 354 g/mol. The molecule has 0 bridgehead atoms. The van der Waals surface area contributed by atoms with Crippen molar-refractivity contribution in [2.45, 2.75) is 26.3 Å². The van der Waals surface area contributed by atoms with Crippen molar-refractivity contribution in [2.24, 2.45) is 5.92 Å². The minimum absolute atomic E-state index is 0.212. The maximum Gasteiger partial charge on any atom is 0.270 e. The average Bonchev–Trinajstić information content (AvgIpc) is 3.14. The Morgan fingerprint density at radius 1 is 1.31 bits per heavy atom. The highest BCUT2D eigenvalue weighted by Crippen LogP contribution is 2.32. The number of hydrogen-bond acceptors (Lipinski definition) is 6. The fourth-order valence-electron chi connectivity index (χ4n) is 3.32. The lowest BCUT2D eigenvalue weighted by Gasteiger charge is -2.30. The first-order chi connectivity index (χ1) is 12.7. The first-order valence-electron chi connectivity index (χ1n) is 8.94. The summed E-state index contributed by atoms with van der Waals surface area (Å²) >= 11 is 0. The van der Waals surface area contributed by atoms with Crippen molar-refractivity contribution in [3.05, 3.63) is 41.7 Å². The van der Waals surface area contributed by atoms with Gasteiger partial charge in [-0.1, -0.05) is 13.0 Å². The third-order valence-electron chi connectivity index (χ3n) is 4.71. The Balaban J connectivity index is 1.41. The molecular formula is C19H22N4O3. The Labute approximate surface area is 152 Å². The summed E-state index contributed by atoms with van der Waals surface area (Å²) in [6.07, 6.45) is 4.01.